The molecule has 4 rings (SSSR count). The number of rotatable bonds is 5. The average Bonchev–Trinajstić information content (AvgIpc) is 3.10. The van der Waals surface area contributed by atoms with Crippen molar-refractivity contribution in [3.05, 3.63) is 63.6 Å². The van der Waals surface area contributed by atoms with Crippen LogP contribution in [-0.2, 0) is 11.2 Å². The number of ether oxygens (including phenoxy) is 1. The van der Waals surface area contributed by atoms with Gasteiger partial charge in [0.1, 0.15) is 0 Å². The minimum absolute atomic E-state index is 0.0355. The van der Waals surface area contributed by atoms with Crippen molar-refractivity contribution in [2.75, 3.05) is 51.3 Å². The number of nitrogens with zero attached hydrogens (tertiary/aromatic N) is 2. The lowest BCUT2D eigenvalue weighted by atomic mass is 10.00. The molecular formula is C22H26BrN3O2. The lowest BCUT2D eigenvalue weighted by Gasteiger charge is -2.35. The second-order valence-corrected chi connectivity index (χ2v) is 8.36. The van der Waals surface area contributed by atoms with Crippen molar-refractivity contribution in [2.24, 2.45) is 0 Å². The van der Waals surface area contributed by atoms with E-state index in [9.17, 15) is 4.79 Å². The van der Waals surface area contributed by atoms with Crippen LogP contribution in [0.1, 0.15) is 27.5 Å². The summed E-state index contributed by atoms with van der Waals surface area (Å²) in [5.41, 5.74) is 4.67. The number of hydrogen-bond acceptors (Lipinski definition) is 4. The molecule has 1 atom stereocenters. The summed E-state index contributed by atoms with van der Waals surface area (Å²) in [5.74, 6) is -0.0355. The van der Waals surface area contributed by atoms with E-state index >= 15 is 0 Å². The minimum atomic E-state index is -0.0355. The first-order valence-electron chi connectivity index (χ1n) is 9.81. The Kier molecular flexibility index (Phi) is 5.99. The minimum Gasteiger partial charge on any atom is -0.379 e. The van der Waals surface area contributed by atoms with Gasteiger partial charge in [-0.2, -0.15) is 0 Å². The van der Waals surface area contributed by atoms with Crippen LogP contribution in [0.4, 0.5) is 5.69 Å². The van der Waals surface area contributed by atoms with Gasteiger partial charge in [-0.05, 0) is 47.9 Å². The maximum absolute atomic E-state index is 12.6. The van der Waals surface area contributed by atoms with Crippen LogP contribution in [0.25, 0.3) is 0 Å². The topological polar surface area (TPSA) is 44.8 Å². The Morgan fingerprint density at radius 3 is 2.64 bits per heavy atom. The third kappa shape index (κ3) is 4.24. The summed E-state index contributed by atoms with van der Waals surface area (Å²) in [6, 6.07) is 14.4. The van der Waals surface area contributed by atoms with Gasteiger partial charge in [0.05, 0.1) is 19.3 Å². The molecule has 28 heavy (non-hydrogen) atoms. The third-order valence-corrected chi connectivity index (χ3v) is 6.19. The monoisotopic (exact) mass is 443 g/mol. The van der Waals surface area contributed by atoms with E-state index < -0.39 is 0 Å². The molecule has 0 saturated carbocycles. The van der Waals surface area contributed by atoms with Crippen molar-refractivity contribution in [2.45, 2.75) is 12.5 Å². The summed E-state index contributed by atoms with van der Waals surface area (Å²) >= 11 is 3.41. The average molecular weight is 444 g/mol. The lowest BCUT2D eigenvalue weighted by molar-refractivity contribution is 0.0162. The van der Waals surface area contributed by atoms with Gasteiger partial charge < -0.3 is 15.0 Å². The van der Waals surface area contributed by atoms with Crippen molar-refractivity contribution in [1.29, 1.82) is 0 Å². The maximum Gasteiger partial charge on any atom is 0.251 e. The number of fused-ring (bicyclic) bond motifs is 1. The molecule has 2 aliphatic heterocycles. The highest BCUT2D eigenvalue weighted by atomic mass is 79.9. The third-order valence-electron chi connectivity index (χ3n) is 5.66. The molecule has 0 radical (unpaired) electrons. The van der Waals surface area contributed by atoms with Crippen LogP contribution >= 0.6 is 15.9 Å². The Balaban J connectivity index is 1.52. The van der Waals surface area contributed by atoms with E-state index in [0.29, 0.717) is 12.1 Å². The molecule has 1 saturated heterocycles. The first-order chi connectivity index (χ1) is 13.6. The molecule has 0 bridgehead atoms. The standard InChI is InChI=1S/C22H26BrN3O2/c1-25-9-8-18-14-17(4-7-20(18)25)21(26-10-12-28-13-11-26)15-24-22(27)16-2-5-19(23)6-3-16/h2-7,14,21H,8-13,15H2,1H3,(H,24,27)/t21-/m1/s1. The van der Waals surface area contributed by atoms with Crippen LogP contribution in [0, 0.1) is 0 Å². The molecule has 0 unspecified atom stereocenters. The Hall–Kier alpha value is -1.89. The van der Waals surface area contributed by atoms with Crippen LogP contribution < -0.4 is 10.2 Å². The molecule has 0 spiro atoms. The van der Waals surface area contributed by atoms with Gasteiger partial charge in [0.2, 0.25) is 0 Å². The molecule has 1 N–H and O–H groups in total. The summed E-state index contributed by atoms with van der Waals surface area (Å²) in [7, 11) is 2.14. The zero-order valence-corrected chi connectivity index (χ0v) is 17.7. The van der Waals surface area contributed by atoms with Gasteiger partial charge in [-0.1, -0.05) is 28.1 Å². The summed E-state index contributed by atoms with van der Waals surface area (Å²) < 4.78 is 6.51. The fourth-order valence-corrected chi connectivity index (χ4v) is 4.30. The highest BCUT2D eigenvalue weighted by Gasteiger charge is 2.25. The van der Waals surface area contributed by atoms with Crippen molar-refractivity contribution in [1.82, 2.24) is 10.2 Å². The molecule has 1 fully saturated rings. The number of nitrogens with one attached hydrogen (secondary N) is 1. The molecule has 2 aliphatic rings. The van der Waals surface area contributed by atoms with Crippen LogP contribution in [0.3, 0.4) is 0 Å². The number of carbonyl (C=O) groups is 1. The fourth-order valence-electron chi connectivity index (χ4n) is 4.03. The smallest absolute Gasteiger partial charge is 0.251 e. The van der Waals surface area contributed by atoms with Gasteiger partial charge in [0.25, 0.3) is 5.91 Å². The molecule has 0 aromatic heterocycles. The van der Waals surface area contributed by atoms with Gasteiger partial charge in [-0.25, -0.2) is 0 Å². The SMILES string of the molecule is CN1CCc2cc([C@@H](CNC(=O)c3ccc(Br)cc3)N3CCOCC3)ccc21. The highest BCUT2D eigenvalue weighted by Crippen LogP contribution is 2.31. The Morgan fingerprint density at radius 2 is 1.89 bits per heavy atom. The zero-order valence-electron chi connectivity index (χ0n) is 16.2. The number of benzene rings is 2. The van der Waals surface area contributed by atoms with Gasteiger partial charge in [-0.15, -0.1) is 0 Å². The number of carbonyl (C=O) groups excluding carboxylic acids is 1. The summed E-state index contributed by atoms with van der Waals surface area (Å²) in [6.45, 7) is 4.91. The number of anilines is 1. The van der Waals surface area contributed by atoms with E-state index in [0.717, 1.165) is 43.7 Å². The number of hydrogen-bond donors (Lipinski definition) is 1. The number of likely N-dealkylation sites (N-methyl/N-ethyl adjacent to an activating group) is 1. The lowest BCUT2D eigenvalue weighted by Crippen LogP contribution is -2.43. The predicted octanol–water partition coefficient (Wildman–Crippen LogP) is 3.24. The first kappa shape index (κ1) is 19.4. The Morgan fingerprint density at radius 1 is 1.14 bits per heavy atom. The number of morpholine rings is 1. The summed E-state index contributed by atoms with van der Waals surface area (Å²) in [5, 5.41) is 3.14. The Bertz CT molecular complexity index is 834. The van der Waals surface area contributed by atoms with Crippen LogP contribution in [-0.4, -0.2) is 57.2 Å². The van der Waals surface area contributed by atoms with E-state index in [2.05, 4.69) is 56.3 Å². The van der Waals surface area contributed by atoms with Gasteiger partial charge in [-0.3, -0.25) is 9.69 Å². The largest absolute Gasteiger partial charge is 0.379 e. The second-order valence-electron chi connectivity index (χ2n) is 7.44. The van der Waals surface area contributed by atoms with Gasteiger partial charge in [0, 0.05) is 49.0 Å². The van der Waals surface area contributed by atoms with Crippen LogP contribution in [0.5, 0.6) is 0 Å². The number of amides is 1. The quantitative estimate of drug-likeness (QED) is 0.769. The summed E-state index contributed by atoms with van der Waals surface area (Å²) in [6.07, 6.45) is 1.08. The van der Waals surface area contributed by atoms with Gasteiger partial charge in [0.15, 0.2) is 0 Å². The molecule has 0 aliphatic carbocycles. The van der Waals surface area contributed by atoms with Crippen molar-refractivity contribution >= 4 is 27.5 Å². The van der Waals surface area contributed by atoms with E-state index in [-0.39, 0.29) is 11.9 Å². The molecule has 2 aromatic rings. The normalized spacial score (nSPS) is 18.0. The van der Waals surface area contributed by atoms with E-state index in [1.807, 2.05) is 24.3 Å². The molecule has 6 heteroatoms. The van der Waals surface area contributed by atoms with E-state index in [1.165, 1.54) is 16.8 Å². The molecular weight excluding hydrogens is 418 g/mol. The molecule has 2 heterocycles. The second kappa shape index (κ2) is 8.64. The van der Waals surface area contributed by atoms with Crippen molar-refractivity contribution in [3.63, 3.8) is 0 Å². The van der Waals surface area contributed by atoms with Crippen molar-refractivity contribution < 1.29 is 9.53 Å². The number of halogens is 1. The van der Waals surface area contributed by atoms with Crippen LogP contribution in [0.2, 0.25) is 0 Å². The van der Waals surface area contributed by atoms with Crippen molar-refractivity contribution in [3.8, 4) is 0 Å². The zero-order chi connectivity index (χ0) is 19.5. The van der Waals surface area contributed by atoms with E-state index in [4.69, 9.17) is 4.74 Å². The molecule has 2 aromatic carbocycles. The predicted molar refractivity (Wildman–Crippen MR) is 115 cm³/mol. The van der Waals surface area contributed by atoms with E-state index in [1.54, 1.807) is 0 Å². The highest BCUT2D eigenvalue weighted by molar-refractivity contribution is 9.10. The first-order valence-corrected chi connectivity index (χ1v) is 10.6. The molecule has 5 nitrogen and oxygen atoms in total. The van der Waals surface area contributed by atoms with Crippen LogP contribution in [0.15, 0.2) is 46.9 Å². The molecule has 1 amide bonds. The fraction of sp³-hybridized carbons (Fsp3) is 0.409. The molecule has 148 valence electrons. The van der Waals surface area contributed by atoms with Gasteiger partial charge >= 0.3 is 0 Å². The maximum atomic E-state index is 12.6. The summed E-state index contributed by atoms with van der Waals surface area (Å²) in [4.78, 5) is 17.4. The Labute approximate surface area is 174 Å².